The van der Waals surface area contributed by atoms with Crippen molar-refractivity contribution in [3.63, 3.8) is 0 Å². The number of carbonyl (C=O) groups is 1. The van der Waals surface area contributed by atoms with Gasteiger partial charge in [0.05, 0.1) is 28.9 Å². The van der Waals surface area contributed by atoms with Gasteiger partial charge in [0.25, 0.3) is 0 Å². The third-order valence-corrected chi connectivity index (χ3v) is 3.52. The Bertz CT molecular complexity index is 619. The van der Waals surface area contributed by atoms with Crippen molar-refractivity contribution in [1.82, 2.24) is 9.78 Å². The first kappa shape index (κ1) is 13.9. The van der Waals surface area contributed by atoms with Gasteiger partial charge in [-0.25, -0.2) is 4.79 Å². The van der Waals surface area contributed by atoms with Gasteiger partial charge in [0.1, 0.15) is 0 Å². The number of fused-ring (bicyclic) bond motifs is 1. The minimum atomic E-state index is -0.365. The van der Waals surface area contributed by atoms with E-state index in [1.807, 2.05) is 24.6 Å². The van der Waals surface area contributed by atoms with Gasteiger partial charge in [0.15, 0.2) is 0 Å². The molecule has 1 aromatic carbocycles. The van der Waals surface area contributed by atoms with Gasteiger partial charge in [-0.1, -0.05) is 18.5 Å². The van der Waals surface area contributed by atoms with E-state index in [-0.39, 0.29) is 5.97 Å². The Labute approximate surface area is 117 Å². The van der Waals surface area contributed by atoms with E-state index < -0.39 is 0 Å². The van der Waals surface area contributed by atoms with Crippen molar-refractivity contribution in [1.29, 1.82) is 0 Å². The number of aryl methyl sites for hydroxylation is 2. The summed E-state index contributed by atoms with van der Waals surface area (Å²) in [5.74, 6) is -0.365. The van der Waals surface area contributed by atoms with Crippen LogP contribution in [0.25, 0.3) is 10.9 Å². The molecule has 5 heteroatoms. The topological polar surface area (TPSA) is 44.1 Å². The standard InChI is InChI=1S/C14H17ClN2O2/c1-4-9-7-11-10(8-16-17(11)5-2)13(15)12(9)14(18)19-6-3/h7-8H,4-6H2,1-3H3. The summed E-state index contributed by atoms with van der Waals surface area (Å²) in [7, 11) is 0. The van der Waals surface area contributed by atoms with Gasteiger partial charge in [0.2, 0.25) is 0 Å². The molecule has 4 nitrogen and oxygen atoms in total. The molecule has 0 N–H and O–H groups in total. The molecule has 2 aromatic rings. The van der Waals surface area contributed by atoms with Gasteiger partial charge < -0.3 is 4.74 Å². The van der Waals surface area contributed by atoms with Gasteiger partial charge in [0, 0.05) is 11.9 Å². The molecule has 19 heavy (non-hydrogen) atoms. The van der Waals surface area contributed by atoms with Crippen molar-refractivity contribution in [3.8, 4) is 0 Å². The van der Waals surface area contributed by atoms with Crippen LogP contribution in [0.3, 0.4) is 0 Å². The van der Waals surface area contributed by atoms with E-state index in [1.54, 1.807) is 13.1 Å². The van der Waals surface area contributed by atoms with E-state index in [2.05, 4.69) is 5.10 Å². The number of hydrogen-bond acceptors (Lipinski definition) is 3. The summed E-state index contributed by atoms with van der Waals surface area (Å²) in [5, 5.41) is 5.51. The lowest BCUT2D eigenvalue weighted by molar-refractivity contribution is 0.0525. The molecule has 1 aromatic heterocycles. The molecule has 0 unspecified atom stereocenters. The smallest absolute Gasteiger partial charge is 0.339 e. The van der Waals surface area contributed by atoms with E-state index in [0.29, 0.717) is 17.2 Å². The third kappa shape index (κ3) is 2.32. The van der Waals surface area contributed by atoms with Gasteiger partial charge in [-0.3, -0.25) is 4.68 Å². The van der Waals surface area contributed by atoms with Gasteiger partial charge in [-0.15, -0.1) is 0 Å². The Morgan fingerprint density at radius 2 is 2.16 bits per heavy atom. The molecule has 0 saturated carbocycles. The van der Waals surface area contributed by atoms with Crippen LogP contribution in [0.1, 0.15) is 36.7 Å². The monoisotopic (exact) mass is 280 g/mol. The molecule has 0 spiro atoms. The zero-order valence-electron chi connectivity index (χ0n) is 11.4. The maximum absolute atomic E-state index is 12.0. The van der Waals surface area contributed by atoms with Crippen molar-refractivity contribution in [3.05, 3.63) is 28.4 Å². The van der Waals surface area contributed by atoms with Crippen molar-refractivity contribution in [2.75, 3.05) is 6.61 Å². The highest BCUT2D eigenvalue weighted by Gasteiger charge is 2.20. The fraction of sp³-hybridized carbons (Fsp3) is 0.429. The molecule has 0 fully saturated rings. The zero-order valence-corrected chi connectivity index (χ0v) is 12.1. The predicted octanol–water partition coefficient (Wildman–Crippen LogP) is 3.45. The van der Waals surface area contributed by atoms with Crippen molar-refractivity contribution in [2.24, 2.45) is 0 Å². The maximum Gasteiger partial charge on any atom is 0.339 e. The summed E-state index contributed by atoms with van der Waals surface area (Å²) in [6, 6.07) is 1.98. The Balaban J connectivity index is 2.70. The number of hydrogen-bond donors (Lipinski definition) is 0. The van der Waals surface area contributed by atoms with Crippen LogP contribution < -0.4 is 0 Å². The first-order chi connectivity index (χ1) is 9.13. The molecule has 0 bridgehead atoms. The Hall–Kier alpha value is -1.55. The van der Waals surface area contributed by atoms with Crippen LogP contribution in [0.15, 0.2) is 12.3 Å². The average molecular weight is 281 g/mol. The number of nitrogens with zero attached hydrogens (tertiary/aromatic N) is 2. The molecule has 1 heterocycles. The summed E-state index contributed by atoms with van der Waals surface area (Å²) in [4.78, 5) is 12.0. The van der Waals surface area contributed by atoms with E-state index in [0.717, 1.165) is 29.4 Å². The lowest BCUT2D eigenvalue weighted by Crippen LogP contribution is -2.09. The second kappa shape index (κ2) is 5.61. The molecule has 102 valence electrons. The fourth-order valence-electron chi connectivity index (χ4n) is 2.18. The first-order valence-electron chi connectivity index (χ1n) is 6.47. The zero-order chi connectivity index (χ0) is 14.0. The molecule has 0 radical (unpaired) electrons. The molecule has 0 aliphatic carbocycles. The third-order valence-electron chi connectivity index (χ3n) is 3.13. The largest absolute Gasteiger partial charge is 0.462 e. The highest BCUT2D eigenvalue weighted by molar-refractivity contribution is 6.38. The van der Waals surface area contributed by atoms with Crippen LogP contribution in [0, 0.1) is 0 Å². The van der Waals surface area contributed by atoms with Crippen LogP contribution in [-0.2, 0) is 17.7 Å². The summed E-state index contributed by atoms with van der Waals surface area (Å²) in [5.41, 5.74) is 2.32. The molecule has 0 saturated heterocycles. The van der Waals surface area contributed by atoms with E-state index in [4.69, 9.17) is 16.3 Å². The second-order valence-electron chi connectivity index (χ2n) is 4.19. The number of halogens is 1. The molecular formula is C14H17ClN2O2. The maximum atomic E-state index is 12.0. The Kier molecular flexibility index (Phi) is 4.10. The summed E-state index contributed by atoms with van der Waals surface area (Å²) < 4.78 is 6.95. The predicted molar refractivity (Wildman–Crippen MR) is 75.8 cm³/mol. The normalized spacial score (nSPS) is 10.9. The SMILES string of the molecule is CCOC(=O)c1c(CC)cc2c(cnn2CC)c1Cl. The quantitative estimate of drug-likeness (QED) is 0.806. The van der Waals surface area contributed by atoms with E-state index >= 15 is 0 Å². The van der Waals surface area contributed by atoms with Gasteiger partial charge >= 0.3 is 5.97 Å². The summed E-state index contributed by atoms with van der Waals surface area (Å²) in [6.07, 6.45) is 2.42. The summed E-state index contributed by atoms with van der Waals surface area (Å²) >= 11 is 6.37. The van der Waals surface area contributed by atoms with Crippen LogP contribution >= 0.6 is 11.6 Å². The average Bonchev–Trinajstić information content (AvgIpc) is 2.81. The lowest BCUT2D eigenvalue weighted by Gasteiger charge is -2.11. The minimum absolute atomic E-state index is 0.338. The number of carbonyl (C=O) groups excluding carboxylic acids is 1. The number of rotatable bonds is 4. The van der Waals surface area contributed by atoms with Crippen molar-refractivity contribution < 1.29 is 9.53 Å². The number of esters is 1. The number of aromatic nitrogens is 2. The van der Waals surface area contributed by atoms with Gasteiger partial charge in [-0.05, 0) is 31.9 Å². The van der Waals surface area contributed by atoms with E-state index in [9.17, 15) is 4.79 Å². The van der Waals surface area contributed by atoms with Gasteiger partial charge in [-0.2, -0.15) is 5.10 Å². The molecule has 2 rings (SSSR count). The summed E-state index contributed by atoms with van der Waals surface area (Å²) in [6.45, 7) is 6.90. The molecule has 0 amide bonds. The van der Waals surface area contributed by atoms with Crippen LogP contribution in [0.4, 0.5) is 0 Å². The molecule has 0 atom stereocenters. The van der Waals surface area contributed by atoms with Crippen LogP contribution in [0.2, 0.25) is 5.02 Å². The molecular weight excluding hydrogens is 264 g/mol. The number of benzene rings is 1. The second-order valence-corrected chi connectivity index (χ2v) is 4.57. The minimum Gasteiger partial charge on any atom is -0.462 e. The van der Waals surface area contributed by atoms with Crippen LogP contribution in [-0.4, -0.2) is 22.4 Å². The van der Waals surface area contributed by atoms with Crippen LogP contribution in [0.5, 0.6) is 0 Å². The highest BCUT2D eigenvalue weighted by Crippen LogP contribution is 2.31. The fourth-order valence-corrected chi connectivity index (χ4v) is 2.53. The van der Waals surface area contributed by atoms with E-state index in [1.165, 1.54) is 0 Å². The molecule has 0 aliphatic heterocycles. The highest BCUT2D eigenvalue weighted by atomic mass is 35.5. The van der Waals surface area contributed by atoms with Crippen molar-refractivity contribution >= 4 is 28.5 Å². The number of ether oxygens (including phenoxy) is 1. The lowest BCUT2D eigenvalue weighted by atomic mass is 10.0. The van der Waals surface area contributed by atoms with Crippen molar-refractivity contribution in [2.45, 2.75) is 33.7 Å². The molecule has 0 aliphatic rings. The Morgan fingerprint density at radius 3 is 2.74 bits per heavy atom. The Morgan fingerprint density at radius 1 is 1.42 bits per heavy atom. The first-order valence-corrected chi connectivity index (χ1v) is 6.85.